The van der Waals surface area contributed by atoms with Gasteiger partial charge in [-0.3, -0.25) is 9.59 Å². The van der Waals surface area contributed by atoms with E-state index in [1.54, 1.807) is 0 Å². The summed E-state index contributed by atoms with van der Waals surface area (Å²) < 4.78 is 17.6. The number of rotatable bonds is 20. The van der Waals surface area contributed by atoms with Crippen LogP contribution >= 0.6 is 0 Å². The van der Waals surface area contributed by atoms with Crippen LogP contribution in [0.25, 0.3) is 0 Å². The van der Waals surface area contributed by atoms with Gasteiger partial charge in [0.15, 0.2) is 0 Å². The number of carbonyl (C=O) groups excluding carboxylic acids is 2. The molecule has 2 saturated carbocycles. The van der Waals surface area contributed by atoms with Gasteiger partial charge < -0.3 is 24.4 Å². The smallest absolute Gasteiger partial charge is 0.306 e. The number of aliphatic hydroxyl groups is 2. The zero-order valence-corrected chi connectivity index (χ0v) is 37.3. The van der Waals surface area contributed by atoms with Crippen LogP contribution < -0.4 is 0 Å². The molecule has 0 aromatic heterocycles. The molecule has 57 heavy (non-hydrogen) atoms. The molecule has 0 aromatic carbocycles. The average molecular weight is 789 g/mol. The van der Waals surface area contributed by atoms with E-state index in [4.69, 9.17) is 14.2 Å². The van der Waals surface area contributed by atoms with Crippen LogP contribution in [0.5, 0.6) is 0 Å². The van der Waals surface area contributed by atoms with Crippen LogP contribution in [0.1, 0.15) is 153 Å². The fraction of sp³-hybridized carbons (Fsp3) is 0.640. The highest BCUT2D eigenvalue weighted by Crippen LogP contribution is 2.66. The summed E-state index contributed by atoms with van der Waals surface area (Å²) in [6.07, 6.45) is 34.5. The minimum absolute atomic E-state index is 0.0683. The maximum absolute atomic E-state index is 12.6. The number of ether oxygens (including phenoxy) is 3. The molecule has 1 saturated heterocycles. The molecule has 2 aliphatic carbocycles. The highest BCUT2D eigenvalue weighted by molar-refractivity contribution is 5.69. The normalized spacial score (nSPS) is 30.7. The molecule has 1 aliphatic heterocycles. The van der Waals surface area contributed by atoms with Crippen LogP contribution in [-0.2, 0) is 23.8 Å². The Morgan fingerprint density at radius 2 is 1.46 bits per heavy atom. The Kier molecular flexibility index (Phi) is 17.8. The minimum Gasteiger partial charge on any atom is -0.462 e. The average Bonchev–Trinajstić information content (AvgIpc) is 3.71. The molecule has 0 amide bonds. The van der Waals surface area contributed by atoms with Crippen LogP contribution in [-0.4, -0.2) is 57.8 Å². The van der Waals surface area contributed by atoms with E-state index in [0.29, 0.717) is 32.1 Å². The third kappa shape index (κ3) is 14.5. The summed E-state index contributed by atoms with van der Waals surface area (Å²) in [6.45, 7) is 22.6. The van der Waals surface area contributed by atoms with Crippen molar-refractivity contribution in [2.75, 3.05) is 6.61 Å². The Hall–Kier alpha value is -3.26. The highest BCUT2D eigenvalue weighted by atomic mass is 16.6. The van der Waals surface area contributed by atoms with Crippen LogP contribution in [0, 0.1) is 16.7 Å². The lowest BCUT2D eigenvalue weighted by molar-refractivity contribution is -0.163. The van der Waals surface area contributed by atoms with Gasteiger partial charge in [-0.2, -0.15) is 0 Å². The number of allylic oxidation sites excluding steroid dienone is 12. The van der Waals surface area contributed by atoms with Gasteiger partial charge in [0.1, 0.15) is 23.9 Å². The monoisotopic (exact) mass is 789 g/mol. The van der Waals surface area contributed by atoms with Crippen molar-refractivity contribution in [2.45, 2.75) is 182 Å². The largest absolute Gasteiger partial charge is 0.462 e. The van der Waals surface area contributed by atoms with Gasteiger partial charge in [-0.25, -0.2) is 0 Å². The molecule has 2 N–H and O–H groups in total. The number of fused-ring (bicyclic) bond motifs is 1. The number of esters is 2. The van der Waals surface area contributed by atoms with Crippen molar-refractivity contribution in [1.29, 1.82) is 0 Å². The first-order chi connectivity index (χ1) is 26.6. The molecular weight excluding hydrogens is 713 g/mol. The lowest BCUT2D eigenvalue weighted by Gasteiger charge is -2.49. The first kappa shape index (κ1) is 48.1. The maximum atomic E-state index is 12.6. The van der Waals surface area contributed by atoms with E-state index >= 15 is 0 Å². The van der Waals surface area contributed by atoms with Crippen molar-refractivity contribution < 1.29 is 34.0 Å². The van der Waals surface area contributed by atoms with Gasteiger partial charge in [-0.1, -0.05) is 144 Å². The molecule has 0 aromatic rings. The van der Waals surface area contributed by atoms with Gasteiger partial charge in [0.05, 0.1) is 11.7 Å². The summed E-state index contributed by atoms with van der Waals surface area (Å²) in [5.41, 5.74) is 2.20. The number of carbonyl (C=O) groups is 2. The molecule has 1 heterocycles. The number of hydrogen-bond acceptors (Lipinski definition) is 7. The molecule has 0 radical (unpaired) electrons. The Bertz CT molecular complexity index is 1590. The predicted octanol–water partition coefficient (Wildman–Crippen LogP) is 11.5. The third-order valence-electron chi connectivity index (χ3n) is 12.2. The molecule has 0 bridgehead atoms. The summed E-state index contributed by atoms with van der Waals surface area (Å²) in [5.74, 6) is -0.520. The van der Waals surface area contributed by atoms with Crippen LogP contribution in [0.4, 0.5) is 0 Å². The van der Waals surface area contributed by atoms with Gasteiger partial charge in [-0.15, -0.1) is 0 Å². The van der Waals surface area contributed by atoms with E-state index in [1.165, 1.54) is 25.3 Å². The van der Waals surface area contributed by atoms with Crippen molar-refractivity contribution in [3.8, 4) is 0 Å². The molecule has 6 atom stereocenters. The molecule has 7 nitrogen and oxygen atoms in total. The van der Waals surface area contributed by atoms with Crippen molar-refractivity contribution in [2.24, 2.45) is 16.7 Å². The molecule has 0 spiro atoms. The number of aliphatic hydroxyl groups excluding tert-OH is 1. The Morgan fingerprint density at radius 3 is 2.12 bits per heavy atom. The predicted molar refractivity (Wildman–Crippen MR) is 233 cm³/mol. The number of epoxide rings is 1. The van der Waals surface area contributed by atoms with Crippen molar-refractivity contribution in [1.82, 2.24) is 0 Å². The second kappa shape index (κ2) is 21.1. The van der Waals surface area contributed by atoms with Crippen molar-refractivity contribution >= 4 is 11.9 Å². The zero-order chi connectivity index (χ0) is 42.5. The fourth-order valence-corrected chi connectivity index (χ4v) is 9.29. The second-order valence-corrected chi connectivity index (χ2v) is 18.9. The van der Waals surface area contributed by atoms with E-state index in [9.17, 15) is 19.8 Å². The van der Waals surface area contributed by atoms with E-state index in [-0.39, 0.29) is 53.1 Å². The van der Waals surface area contributed by atoms with Crippen LogP contribution in [0.15, 0.2) is 95.2 Å². The van der Waals surface area contributed by atoms with Gasteiger partial charge in [0, 0.05) is 37.5 Å². The summed E-state index contributed by atoms with van der Waals surface area (Å²) in [6, 6.07) is 0. The van der Waals surface area contributed by atoms with Crippen LogP contribution in [0.3, 0.4) is 0 Å². The molecule has 3 aliphatic rings. The molecule has 7 heteroatoms. The zero-order valence-electron chi connectivity index (χ0n) is 37.3. The van der Waals surface area contributed by atoms with Crippen LogP contribution in [0.2, 0.25) is 0 Å². The van der Waals surface area contributed by atoms with Gasteiger partial charge in [0.2, 0.25) is 0 Å². The van der Waals surface area contributed by atoms with E-state index < -0.39 is 11.2 Å². The van der Waals surface area contributed by atoms with E-state index in [1.807, 2.05) is 13.0 Å². The molecule has 3 rings (SSSR count). The quantitative estimate of drug-likeness (QED) is 0.0548. The minimum atomic E-state index is -0.972. The Balaban J connectivity index is 1.57. The van der Waals surface area contributed by atoms with Crippen molar-refractivity contribution in [3.05, 3.63) is 95.2 Å². The number of hydrogen-bond donors (Lipinski definition) is 2. The topological polar surface area (TPSA) is 106 Å². The van der Waals surface area contributed by atoms with Gasteiger partial charge in [-0.05, 0) is 83.8 Å². The SMILES string of the molecule is CCCCCCCC(=O)OCC(=C\CC/C(C)=C/C=C/C=C(C)/C=C/C=C(\C)C=CC1C(C)(C)C[C@H](OC(C)=O)C[C@@]1(C)O)/C=C/[C@@]12O[C@]1(C)C[C@@H](O)CC2(C)C. The van der Waals surface area contributed by atoms with E-state index in [0.717, 1.165) is 48.8 Å². The molecule has 3 fully saturated rings. The fourth-order valence-electron chi connectivity index (χ4n) is 9.29. The molecular formula is C50H76O7. The Labute approximate surface area is 345 Å². The Morgan fingerprint density at radius 1 is 0.789 bits per heavy atom. The van der Waals surface area contributed by atoms with Gasteiger partial charge in [0.25, 0.3) is 0 Å². The van der Waals surface area contributed by atoms with Crippen molar-refractivity contribution in [3.63, 3.8) is 0 Å². The summed E-state index contributed by atoms with van der Waals surface area (Å²) in [4.78, 5) is 24.1. The lowest BCUT2D eigenvalue weighted by atomic mass is 9.61. The molecule has 318 valence electrons. The summed E-state index contributed by atoms with van der Waals surface area (Å²) in [7, 11) is 0. The first-order valence-corrected chi connectivity index (χ1v) is 21.5. The standard InChI is InChI=1S/C50H76O7/c1-12-13-14-15-16-27-45(53)55-36-41(30-31-50-47(8,9)32-42(52)33-49(50,11)57-50)26-20-25-38(3)22-18-17-21-37(2)23-19-24-39(4)28-29-44-46(6,7)34-43(56-40(5)51)35-48(44,10)54/h17-19,21-24,26,28-31,42-44,52,54H,12-16,20,25,27,32-36H2,1-11H3/b18-17+,23-19+,29-28?,31-30+,37-21+,38-22+,39-24+,41-26-/t42-,43-,44?,48+,49+,50-/m0/s1. The second-order valence-electron chi connectivity index (χ2n) is 18.9. The van der Waals surface area contributed by atoms with Gasteiger partial charge >= 0.3 is 11.9 Å². The van der Waals surface area contributed by atoms with E-state index in [2.05, 4.69) is 129 Å². The summed E-state index contributed by atoms with van der Waals surface area (Å²) >= 11 is 0. The number of unbranched alkanes of at least 4 members (excludes halogenated alkanes) is 4. The highest BCUT2D eigenvalue weighted by Gasteiger charge is 2.74. The maximum Gasteiger partial charge on any atom is 0.306 e. The first-order valence-electron chi connectivity index (χ1n) is 21.5. The summed E-state index contributed by atoms with van der Waals surface area (Å²) in [5, 5.41) is 21.7. The molecule has 1 unspecified atom stereocenters. The lowest BCUT2D eigenvalue weighted by Crippen LogP contribution is -2.51. The third-order valence-corrected chi connectivity index (χ3v) is 12.2.